The van der Waals surface area contributed by atoms with E-state index in [2.05, 4.69) is 29.0 Å². The first kappa shape index (κ1) is 13.7. The number of nitrogens with one attached hydrogen (secondary N) is 1. The number of esters is 1. The quantitative estimate of drug-likeness (QED) is 0.743. The van der Waals surface area contributed by atoms with E-state index in [9.17, 15) is 4.79 Å². The standard InChI is InChI=1S/C12H21N3O2/c1-4-7-9(8-5-2)10-13-11(15-14-10)12(16)17-6-3/h9H,4-8H2,1-3H3,(H,13,14,15). The molecule has 0 radical (unpaired) electrons. The normalized spacial score (nSPS) is 10.8. The number of hydrogen-bond acceptors (Lipinski definition) is 4. The van der Waals surface area contributed by atoms with E-state index < -0.39 is 5.97 Å². The lowest BCUT2D eigenvalue weighted by Gasteiger charge is -2.10. The Morgan fingerprint density at radius 3 is 2.47 bits per heavy atom. The summed E-state index contributed by atoms with van der Waals surface area (Å²) >= 11 is 0. The van der Waals surface area contributed by atoms with E-state index in [1.807, 2.05) is 0 Å². The molecule has 96 valence electrons. The van der Waals surface area contributed by atoms with Gasteiger partial charge in [0.1, 0.15) is 5.82 Å². The van der Waals surface area contributed by atoms with Crippen molar-refractivity contribution in [3.8, 4) is 0 Å². The van der Waals surface area contributed by atoms with Crippen LogP contribution in [0.2, 0.25) is 0 Å². The van der Waals surface area contributed by atoms with Gasteiger partial charge in [0.05, 0.1) is 6.61 Å². The lowest BCUT2D eigenvalue weighted by atomic mass is 9.98. The Hall–Kier alpha value is -1.39. The zero-order valence-corrected chi connectivity index (χ0v) is 10.8. The average molecular weight is 239 g/mol. The first-order valence-electron chi connectivity index (χ1n) is 6.32. The molecule has 0 aromatic carbocycles. The Balaban J connectivity index is 2.73. The molecule has 1 aromatic heterocycles. The Morgan fingerprint density at radius 1 is 1.29 bits per heavy atom. The van der Waals surface area contributed by atoms with Crippen LogP contribution in [0.25, 0.3) is 0 Å². The van der Waals surface area contributed by atoms with E-state index in [-0.39, 0.29) is 5.82 Å². The number of rotatable bonds is 7. The molecule has 1 N–H and O–H groups in total. The number of aromatic amines is 1. The van der Waals surface area contributed by atoms with E-state index in [1.54, 1.807) is 6.92 Å². The Labute approximate surface area is 102 Å². The van der Waals surface area contributed by atoms with Crippen LogP contribution in [0.5, 0.6) is 0 Å². The van der Waals surface area contributed by atoms with Gasteiger partial charge in [-0.1, -0.05) is 26.7 Å². The maximum atomic E-state index is 11.4. The van der Waals surface area contributed by atoms with Gasteiger partial charge in [-0.2, -0.15) is 0 Å². The number of carbonyl (C=O) groups is 1. The number of ether oxygens (including phenoxy) is 1. The first-order chi connectivity index (χ1) is 8.22. The van der Waals surface area contributed by atoms with Crippen LogP contribution in [0.15, 0.2) is 0 Å². The molecule has 0 saturated carbocycles. The van der Waals surface area contributed by atoms with Crippen molar-refractivity contribution in [1.29, 1.82) is 0 Å². The van der Waals surface area contributed by atoms with E-state index >= 15 is 0 Å². The predicted octanol–water partition coefficient (Wildman–Crippen LogP) is 2.67. The molecule has 0 spiro atoms. The van der Waals surface area contributed by atoms with Crippen molar-refractivity contribution in [2.75, 3.05) is 6.61 Å². The van der Waals surface area contributed by atoms with Crippen LogP contribution in [-0.4, -0.2) is 27.8 Å². The highest BCUT2D eigenvalue weighted by Crippen LogP contribution is 2.23. The molecule has 0 saturated heterocycles. The summed E-state index contributed by atoms with van der Waals surface area (Å²) in [6, 6.07) is 0. The molecule has 0 bridgehead atoms. The summed E-state index contributed by atoms with van der Waals surface area (Å²) in [5.41, 5.74) is 0. The highest BCUT2D eigenvalue weighted by molar-refractivity contribution is 5.84. The molecular formula is C12H21N3O2. The SMILES string of the molecule is CCCC(CCC)c1nc(C(=O)OCC)n[nH]1. The van der Waals surface area contributed by atoms with Gasteiger partial charge in [-0.15, -0.1) is 5.10 Å². The van der Waals surface area contributed by atoms with E-state index in [4.69, 9.17) is 4.74 Å². The van der Waals surface area contributed by atoms with Gasteiger partial charge in [0.25, 0.3) is 5.82 Å². The number of aromatic nitrogens is 3. The van der Waals surface area contributed by atoms with Crippen LogP contribution in [0, 0.1) is 0 Å². The summed E-state index contributed by atoms with van der Waals surface area (Å²) in [4.78, 5) is 15.7. The highest BCUT2D eigenvalue weighted by Gasteiger charge is 2.18. The lowest BCUT2D eigenvalue weighted by Crippen LogP contribution is -2.07. The Bertz CT molecular complexity index is 343. The minimum Gasteiger partial charge on any atom is -0.460 e. The first-order valence-corrected chi connectivity index (χ1v) is 6.32. The second-order valence-electron chi connectivity index (χ2n) is 4.04. The van der Waals surface area contributed by atoms with Crippen molar-refractivity contribution in [2.45, 2.75) is 52.4 Å². The number of nitrogens with zero attached hydrogens (tertiary/aromatic N) is 2. The minimum atomic E-state index is -0.457. The fourth-order valence-electron chi connectivity index (χ4n) is 1.86. The van der Waals surface area contributed by atoms with Crippen LogP contribution >= 0.6 is 0 Å². The minimum absolute atomic E-state index is 0.138. The maximum Gasteiger partial charge on any atom is 0.378 e. The van der Waals surface area contributed by atoms with Gasteiger partial charge in [-0.3, -0.25) is 5.10 Å². The van der Waals surface area contributed by atoms with Crippen LogP contribution in [0.1, 0.15) is 68.8 Å². The summed E-state index contributed by atoms with van der Waals surface area (Å²) < 4.78 is 4.86. The zero-order chi connectivity index (χ0) is 12.7. The van der Waals surface area contributed by atoms with E-state index in [0.29, 0.717) is 12.5 Å². The lowest BCUT2D eigenvalue weighted by molar-refractivity contribution is 0.0512. The van der Waals surface area contributed by atoms with E-state index in [1.165, 1.54) is 0 Å². The van der Waals surface area contributed by atoms with Crippen molar-refractivity contribution in [3.63, 3.8) is 0 Å². The smallest absolute Gasteiger partial charge is 0.378 e. The number of carbonyl (C=O) groups excluding carboxylic acids is 1. The largest absolute Gasteiger partial charge is 0.460 e. The highest BCUT2D eigenvalue weighted by atomic mass is 16.5. The fraction of sp³-hybridized carbons (Fsp3) is 0.750. The molecule has 0 aliphatic carbocycles. The van der Waals surface area contributed by atoms with Gasteiger partial charge >= 0.3 is 5.97 Å². The molecule has 0 unspecified atom stereocenters. The maximum absolute atomic E-state index is 11.4. The number of H-pyrrole nitrogens is 1. The molecule has 1 aromatic rings. The molecule has 5 nitrogen and oxygen atoms in total. The summed E-state index contributed by atoms with van der Waals surface area (Å²) in [5.74, 6) is 0.846. The monoisotopic (exact) mass is 239 g/mol. The van der Waals surface area contributed by atoms with Crippen LogP contribution in [0.3, 0.4) is 0 Å². The molecule has 0 aliphatic heterocycles. The summed E-state index contributed by atoms with van der Waals surface area (Å²) in [5, 5.41) is 6.76. The van der Waals surface area contributed by atoms with Gasteiger partial charge < -0.3 is 4.74 Å². The summed E-state index contributed by atoms with van der Waals surface area (Å²) in [6.07, 6.45) is 4.32. The second-order valence-corrected chi connectivity index (χ2v) is 4.04. The third kappa shape index (κ3) is 3.84. The van der Waals surface area contributed by atoms with Crippen LogP contribution in [0.4, 0.5) is 0 Å². The van der Waals surface area contributed by atoms with Crippen LogP contribution < -0.4 is 0 Å². The van der Waals surface area contributed by atoms with Crippen molar-refractivity contribution in [3.05, 3.63) is 11.6 Å². The number of hydrogen-bond donors (Lipinski definition) is 1. The van der Waals surface area contributed by atoms with Gasteiger partial charge in [0.15, 0.2) is 0 Å². The molecule has 5 heteroatoms. The fourth-order valence-corrected chi connectivity index (χ4v) is 1.86. The molecule has 0 atom stereocenters. The molecule has 0 fully saturated rings. The molecule has 0 aliphatic rings. The predicted molar refractivity (Wildman–Crippen MR) is 64.9 cm³/mol. The Morgan fingerprint density at radius 2 is 1.94 bits per heavy atom. The van der Waals surface area contributed by atoms with Crippen molar-refractivity contribution in [2.24, 2.45) is 0 Å². The molecule has 1 rings (SSSR count). The second kappa shape index (κ2) is 7.04. The average Bonchev–Trinajstić information content (AvgIpc) is 2.78. The van der Waals surface area contributed by atoms with Crippen molar-refractivity contribution >= 4 is 5.97 Å². The third-order valence-electron chi connectivity index (χ3n) is 2.62. The van der Waals surface area contributed by atoms with Gasteiger partial charge in [-0.05, 0) is 19.8 Å². The molecular weight excluding hydrogens is 218 g/mol. The summed E-state index contributed by atoms with van der Waals surface area (Å²) in [7, 11) is 0. The third-order valence-corrected chi connectivity index (χ3v) is 2.62. The summed E-state index contributed by atoms with van der Waals surface area (Å²) in [6.45, 7) is 6.40. The zero-order valence-electron chi connectivity index (χ0n) is 10.8. The van der Waals surface area contributed by atoms with Gasteiger partial charge in [0.2, 0.25) is 0 Å². The van der Waals surface area contributed by atoms with Gasteiger partial charge in [0, 0.05) is 5.92 Å². The molecule has 17 heavy (non-hydrogen) atoms. The molecule has 0 amide bonds. The van der Waals surface area contributed by atoms with Crippen molar-refractivity contribution < 1.29 is 9.53 Å². The van der Waals surface area contributed by atoms with E-state index in [0.717, 1.165) is 31.5 Å². The molecule has 1 heterocycles. The van der Waals surface area contributed by atoms with Crippen molar-refractivity contribution in [1.82, 2.24) is 15.2 Å². The van der Waals surface area contributed by atoms with Crippen LogP contribution in [-0.2, 0) is 4.74 Å². The topological polar surface area (TPSA) is 67.9 Å². The van der Waals surface area contributed by atoms with Gasteiger partial charge in [-0.25, -0.2) is 9.78 Å². The Kier molecular flexibility index (Phi) is 5.66.